The second kappa shape index (κ2) is 6.21. The fourth-order valence-electron chi connectivity index (χ4n) is 1.42. The van der Waals surface area contributed by atoms with Gasteiger partial charge >= 0.3 is 0 Å². The largest absolute Gasteiger partial charge is 0.449 e. The average Bonchev–Trinajstić information content (AvgIpc) is 2.75. The SMILES string of the molecule is Cc1ccc(C(=O)NN=Cc2ccc(I)o2)c(Cl)c1. The van der Waals surface area contributed by atoms with Crippen molar-refractivity contribution in [2.75, 3.05) is 0 Å². The highest BCUT2D eigenvalue weighted by Gasteiger charge is 2.09. The summed E-state index contributed by atoms with van der Waals surface area (Å²) in [5, 5.41) is 4.22. The first-order valence-electron chi connectivity index (χ1n) is 5.41. The second-order valence-electron chi connectivity index (χ2n) is 3.82. The van der Waals surface area contributed by atoms with Crippen LogP contribution in [0.3, 0.4) is 0 Å². The van der Waals surface area contributed by atoms with Crippen LogP contribution in [-0.4, -0.2) is 12.1 Å². The lowest BCUT2D eigenvalue weighted by atomic mass is 10.1. The fraction of sp³-hybridized carbons (Fsp3) is 0.0769. The van der Waals surface area contributed by atoms with Crippen molar-refractivity contribution < 1.29 is 9.21 Å². The van der Waals surface area contributed by atoms with Gasteiger partial charge in [0.1, 0.15) is 5.76 Å². The van der Waals surface area contributed by atoms with Crippen molar-refractivity contribution in [3.8, 4) is 0 Å². The van der Waals surface area contributed by atoms with Gasteiger partial charge in [-0.15, -0.1) is 0 Å². The molecule has 0 aliphatic carbocycles. The van der Waals surface area contributed by atoms with Crippen molar-refractivity contribution in [3.63, 3.8) is 0 Å². The van der Waals surface area contributed by atoms with Gasteiger partial charge in [-0.05, 0) is 59.3 Å². The Hall–Kier alpha value is -1.34. The van der Waals surface area contributed by atoms with Gasteiger partial charge in [-0.3, -0.25) is 4.79 Å². The van der Waals surface area contributed by atoms with E-state index in [9.17, 15) is 4.79 Å². The Morgan fingerprint density at radius 3 is 2.84 bits per heavy atom. The van der Waals surface area contributed by atoms with E-state index >= 15 is 0 Å². The number of hydrazone groups is 1. The lowest BCUT2D eigenvalue weighted by Gasteiger charge is -2.03. The van der Waals surface area contributed by atoms with Crippen LogP contribution in [0, 0.1) is 10.7 Å². The molecular weight excluding hydrogens is 379 g/mol. The third-order valence-electron chi connectivity index (χ3n) is 2.32. The van der Waals surface area contributed by atoms with Crippen molar-refractivity contribution in [3.05, 3.63) is 56.0 Å². The third kappa shape index (κ3) is 3.81. The van der Waals surface area contributed by atoms with E-state index in [1.54, 1.807) is 24.3 Å². The molecule has 1 aromatic heterocycles. The molecule has 0 aliphatic heterocycles. The van der Waals surface area contributed by atoms with Crippen LogP contribution in [0.1, 0.15) is 21.7 Å². The Bertz CT molecular complexity index is 637. The lowest BCUT2D eigenvalue weighted by molar-refractivity contribution is 0.0955. The highest BCUT2D eigenvalue weighted by atomic mass is 127. The van der Waals surface area contributed by atoms with E-state index < -0.39 is 0 Å². The van der Waals surface area contributed by atoms with Gasteiger partial charge in [0.2, 0.25) is 0 Å². The molecule has 0 bridgehead atoms. The van der Waals surface area contributed by atoms with Crippen molar-refractivity contribution in [1.82, 2.24) is 5.43 Å². The predicted octanol–water partition coefficient (Wildman–Crippen LogP) is 3.61. The molecule has 19 heavy (non-hydrogen) atoms. The second-order valence-corrected chi connectivity index (χ2v) is 5.29. The smallest absolute Gasteiger partial charge is 0.272 e. The zero-order valence-corrected chi connectivity index (χ0v) is 12.9. The maximum Gasteiger partial charge on any atom is 0.272 e. The van der Waals surface area contributed by atoms with Gasteiger partial charge in [0, 0.05) is 0 Å². The zero-order valence-electron chi connectivity index (χ0n) is 9.98. The molecule has 4 nitrogen and oxygen atoms in total. The molecule has 2 rings (SSSR count). The van der Waals surface area contributed by atoms with E-state index in [2.05, 4.69) is 10.5 Å². The minimum absolute atomic E-state index is 0.359. The van der Waals surface area contributed by atoms with Crippen LogP contribution in [0.15, 0.2) is 39.9 Å². The summed E-state index contributed by atoms with van der Waals surface area (Å²) in [6, 6.07) is 8.78. The standard InChI is InChI=1S/C13H10ClIN2O2/c1-8-2-4-10(11(14)6-8)13(18)17-16-7-9-3-5-12(15)19-9/h2-7H,1H3,(H,17,18). The molecule has 0 fully saturated rings. The molecule has 0 aliphatic rings. The molecule has 0 saturated heterocycles. The van der Waals surface area contributed by atoms with E-state index in [0.717, 1.165) is 9.33 Å². The highest BCUT2D eigenvalue weighted by Crippen LogP contribution is 2.17. The number of hydrogen-bond acceptors (Lipinski definition) is 3. The van der Waals surface area contributed by atoms with Crippen molar-refractivity contribution in [2.24, 2.45) is 5.10 Å². The molecular formula is C13H10ClIN2O2. The monoisotopic (exact) mass is 388 g/mol. The summed E-state index contributed by atoms with van der Waals surface area (Å²) in [7, 11) is 0. The topological polar surface area (TPSA) is 54.6 Å². The molecule has 0 unspecified atom stereocenters. The Labute approximate surface area is 129 Å². The first-order valence-corrected chi connectivity index (χ1v) is 6.87. The van der Waals surface area contributed by atoms with Crippen LogP contribution >= 0.6 is 34.2 Å². The van der Waals surface area contributed by atoms with E-state index in [1.807, 2.05) is 35.6 Å². The minimum atomic E-state index is -0.359. The predicted molar refractivity (Wildman–Crippen MR) is 82.7 cm³/mol. The lowest BCUT2D eigenvalue weighted by Crippen LogP contribution is -2.18. The first-order chi connectivity index (χ1) is 9.06. The average molecular weight is 389 g/mol. The molecule has 2 aromatic rings. The molecule has 98 valence electrons. The number of benzene rings is 1. The van der Waals surface area contributed by atoms with Crippen molar-refractivity contribution in [1.29, 1.82) is 0 Å². The number of amides is 1. The number of furan rings is 1. The summed E-state index contributed by atoms with van der Waals surface area (Å²) in [4.78, 5) is 11.8. The Morgan fingerprint density at radius 1 is 1.42 bits per heavy atom. The summed E-state index contributed by atoms with van der Waals surface area (Å²) < 4.78 is 6.03. The molecule has 0 radical (unpaired) electrons. The quantitative estimate of drug-likeness (QED) is 0.496. The summed E-state index contributed by atoms with van der Waals surface area (Å²) in [5.41, 5.74) is 3.78. The summed E-state index contributed by atoms with van der Waals surface area (Å²) in [6.07, 6.45) is 1.43. The molecule has 1 heterocycles. The van der Waals surface area contributed by atoms with Gasteiger partial charge in [-0.1, -0.05) is 17.7 Å². The summed E-state index contributed by atoms with van der Waals surface area (Å²) in [5.74, 6) is 0.210. The van der Waals surface area contributed by atoms with Crippen LogP contribution in [0.25, 0.3) is 0 Å². The van der Waals surface area contributed by atoms with Crippen LogP contribution in [0.4, 0.5) is 0 Å². The van der Waals surface area contributed by atoms with Crippen LogP contribution in [-0.2, 0) is 0 Å². The number of hydrogen-bond donors (Lipinski definition) is 1. The minimum Gasteiger partial charge on any atom is -0.449 e. The van der Waals surface area contributed by atoms with Gasteiger partial charge in [-0.25, -0.2) is 5.43 Å². The molecule has 1 N–H and O–H groups in total. The highest BCUT2D eigenvalue weighted by molar-refractivity contribution is 14.1. The van der Waals surface area contributed by atoms with Crippen LogP contribution < -0.4 is 5.43 Å². The molecule has 0 atom stereocenters. The molecule has 1 aromatic carbocycles. The van der Waals surface area contributed by atoms with Gasteiger partial charge in [0.15, 0.2) is 3.77 Å². The molecule has 0 spiro atoms. The van der Waals surface area contributed by atoms with Crippen LogP contribution in [0.2, 0.25) is 5.02 Å². The van der Waals surface area contributed by atoms with E-state index in [0.29, 0.717) is 16.3 Å². The van der Waals surface area contributed by atoms with Gasteiger partial charge in [-0.2, -0.15) is 5.10 Å². The summed E-state index contributed by atoms with van der Waals surface area (Å²) in [6.45, 7) is 1.91. The molecule has 0 saturated carbocycles. The van der Waals surface area contributed by atoms with Gasteiger partial charge < -0.3 is 4.42 Å². The van der Waals surface area contributed by atoms with Gasteiger partial charge in [0.25, 0.3) is 5.91 Å². The third-order valence-corrected chi connectivity index (χ3v) is 3.21. The molecule has 6 heteroatoms. The number of aryl methyl sites for hydroxylation is 1. The fourth-order valence-corrected chi connectivity index (χ4v) is 2.17. The van der Waals surface area contributed by atoms with E-state index in [4.69, 9.17) is 16.0 Å². The number of halogens is 2. The molecule has 1 amide bonds. The zero-order chi connectivity index (χ0) is 13.8. The van der Waals surface area contributed by atoms with Crippen LogP contribution in [0.5, 0.6) is 0 Å². The maximum absolute atomic E-state index is 11.8. The van der Waals surface area contributed by atoms with Gasteiger partial charge in [0.05, 0.1) is 16.8 Å². The Morgan fingerprint density at radius 2 is 2.21 bits per heavy atom. The Kier molecular flexibility index (Phi) is 4.60. The number of carbonyl (C=O) groups excluding carboxylic acids is 1. The first kappa shape index (κ1) is 14.1. The normalized spacial score (nSPS) is 10.9. The van der Waals surface area contributed by atoms with E-state index in [-0.39, 0.29) is 5.91 Å². The maximum atomic E-state index is 11.8. The van der Waals surface area contributed by atoms with Crippen molar-refractivity contribution >= 4 is 46.3 Å². The number of nitrogens with one attached hydrogen (secondary N) is 1. The summed E-state index contributed by atoms with van der Waals surface area (Å²) >= 11 is 8.04. The number of nitrogens with zero attached hydrogens (tertiary/aromatic N) is 1. The van der Waals surface area contributed by atoms with Crippen molar-refractivity contribution in [2.45, 2.75) is 6.92 Å². The Balaban J connectivity index is 2.03. The number of rotatable bonds is 3. The number of carbonyl (C=O) groups is 1. The van der Waals surface area contributed by atoms with E-state index in [1.165, 1.54) is 6.21 Å².